The lowest BCUT2D eigenvalue weighted by molar-refractivity contribution is 0.352. The predicted molar refractivity (Wildman–Crippen MR) is 69.0 cm³/mol. The first-order valence-corrected chi connectivity index (χ1v) is 6.17. The van der Waals surface area contributed by atoms with Gasteiger partial charge in [0, 0.05) is 23.9 Å². The highest BCUT2D eigenvalue weighted by Crippen LogP contribution is 2.23. The third kappa shape index (κ3) is 2.73. The summed E-state index contributed by atoms with van der Waals surface area (Å²) in [6.07, 6.45) is 5.44. The average molecular weight is 246 g/mol. The van der Waals surface area contributed by atoms with Gasteiger partial charge in [-0.15, -0.1) is 0 Å². The van der Waals surface area contributed by atoms with Crippen LogP contribution in [-0.4, -0.2) is 21.7 Å². The van der Waals surface area contributed by atoms with E-state index in [9.17, 15) is 0 Å². The van der Waals surface area contributed by atoms with Crippen LogP contribution in [0.3, 0.4) is 0 Å². The number of hydrogen-bond acceptors (Lipinski definition) is 5. The lowest BCUT2D eigenvalue weighted by atomic mass is 10.1. The van der Waals surface area contributed by atoms with E-state index in [-0.39, 0.29) is 5.92 Å². The Kier molecular flexibility index (Phi) is 4.04. The molecule has 0 radical (unpaired) electrons. The van der Waals surface area contributed by atoms with Crippen LogP contribution in [0.1, 0.15) is 37.1 Å². The molecule has 1 unspecified atom stereocenters. The largest absolute Gasteiger partial charge is 0.339 e. The first-order chi connectivity index (χ1) is 8.72. The van der Waals surface area contributed by atoms with Gasteiger partial charge in [-0.25, -0.2) is 0 Å². The van der Waals surface area contributed by atoms with Crippen LogP contribution in [0.15, 0.2) is 23.0 Å². The van der Waals surface area contributed by atoms with Gasteiger partial charge in [0.15, 0.2) is 0 Å². The normalized spacial score (nSPS) is 12.6. The summed E-state index contributed by atoms with van der Waals surface area (Å²) in [5.41, 5.74) is 7.50. The molecule has 0 aliphatic rings. The fourth-order valence-corrected chi connectivity index (χ4v) is 1.79. The van der Waals surface area contributed by atoms with Crippen molar-refractivity contribution in [2.75, 3.05) is 6.54 Å². The van der Waals surface area contributed by atoms with Gasteiger partial charge in [0.1, 0.15) is 0 Å². The van der Waals surface area contributed by atoms with Crippen molar-refractivity contribution in [3.8, 4) is 11.4 Å². The molecule has 0 aliphatic carbocycles. The van der Waals surface area contributed by atoms with Crippen LogP contribution in [0, 0.1) is 6.92 Å². The van der Waals surface area contributed by atoms with Crippen LogP contribution < -0.4 is 5.73 Å². The summed E-state index contributed by atoms with van der Waals surface area (Å²) < 4.78 is 5.30. The second-order valence-electron chi connectivity index (χ2n) is 4.48. The summed E-state index contributed by atoms with van der Waals surface area (Å²) in [7, 11) is 0. The second kappa shape index (κ2) is 5.73. The monoisotopic (exact) mass is 246 g/mol. The van der Waals surface area contributed by atoms with Crippen LogP contribution in [-0.2, 0) is 0 Å². The van der Waals surface area contributed by atoms with Crippen molar-refractivity contribution in [1.82, 2.24) is 15.1 Å². The number of aryl methyl sites for hydroxylation is 1. The summed E-state index contributed by atoms with van der Waals surface area (Å²) in [5, 5.41) is 4.02. The maximum Gasteiger partial charge on any atom is 0.229 e. The van der Waals surface area contributed by atoms with Crippen LogP contribution in [0.4, 0.5) is 0 Å². The van der Waals surface area contributed by atoms with Crippen molar-refractivity contribution >= 4 is 0 Å². The number of rotatable bonds is 5. The summed E-state index contributed by atoms with van der Waals surface area (Å²) in [4.78, 5) is 8.52. The Morgan fingerprint density at radius 2 is 2.28 bits per heavy atom. The number of pyridine rings is 1. The molecule has 0 aliphatic heterocycles. The van der Waals surface area contributed by atoms with E-state index in [1.807, 2.05) is 13.0 Å². The molecule has 2 aromatic rings. The Balaban J connectivity index is 2.18. The van der Waals surface area contributed by atoms with E-state index in [1.54, 1.807) is 12.4 Å². The van der Waals surface area contributed by atoms with E-state index >= 15 is 0 Å². The molecule has 2 rings (SSSR count). The molecule has 5 heteroatoms. The lowest BCUT2D eigenvalue weighted by Gasteiger charge is -2.03. The molecule has 2 N–H and O–H groups in total. The molecule has 0 fully saturated rings. The Morgan fingerprint density at radius 3 is 3.00 bits per heavy atom. The van der Waals surface area contributed by atoms with Crippen molar-refractivity contribution in [2.24, 2.45) is 5.73 Å². The maximum absolute atomic E-state index is 5.50. The highest BCUT2D eigenvalue weighted by atomic mass is 16.5. The molecule has 0 saturated heterocycles. The van der Waals surface area contributed by atoms with E-state index in [4.69, 9.17) is 10.3 Å². The second-order valence-corrected chi connectivity index (χ2v) is 4.48. The van der Waals surface area contributed by atoms with E-state index in [2.05, 4.69) is 22.0 Å². The van der Waals surface area contributed by atoms with Crippen LogP contribution >= 0.6 is 0 Å². The van der Waals surface area contributed by atoms with E-state index in [0.717, 1.165) is 24.0 Å². The Hall–Kier alpha value is -1.75. The zero-order chi connectivity index (χ0) is 13.0. The van der Waals surface area contributed by atoms with Gasteiger partial charge < -0.3 is 10.3 Å². The van der Waals surface area contributed by atoms with Gasteiger partial charge in [0.2, 0.25) is 11.7 Å². The Morgan fingerprint density at radius 1 is 1.44 bits per heavy atom. The number of aromatic nitrogens is 3. The fourth-order valence-electron chi connectivity index (χ4n) is 1.79. The molecule has 0 saturated carbocycles. The first-order valence-electron chi connectivity index (χ1n) is 6.17. The van der Waals surface area contributed by atoms with Gasteiger partial charge in [0.05, 0.1) is 0 Å². The van der Waals surface area contributed by atoms with Crippen molar-refractivity contribution in [1.29, 1.82) is 0 Å². The van der Waals surface area contributed by atoms with Crippen molar-refractivity contribution in [3.63, 3.8) is 0 Å². The maximum atomic E-state index is 5.50. The number of nitrogens with two attached hydrogens (primary N) is 1. The zero-order valence-corrected chi connectivity index (χ0v) is 10.8. The van der Waals surface area contributed by atoms with Crippen molar-refractivity contribution in [3.05, 3.63) is 29.9 Å². The van der Waals surface area contributed by atoms with Crippen LogP contribution in [0.5, 0.6) is 0 Å². The third-order valence-electron chi connectivity index (χ3n) is 2.98. The van der Waals surface area contributed by atoms with Gasteiger partial charge in [-0.05, 0) is 37.9 Å². The van der Waals surface area contributed by atoms with Gasteiger partial charge in [-0.2, -0.15) is 4.98 Å². The summed E-state index contributed by atoms with van der Waals surface area (Å²) in [5.74, 6) is 1.52. The standard InChI is InChI=1S/C13H18N4O/c1-9-5-7-15-8-11(9)12-16-13(18-17-12)10(2)4-3-6-14/h5,7-8,10H,3-4,6,14H2,1-2H3. The topological polar surface area (TPSA) is 77.8 Å². The molecule has 18 heavy (non-hydrogen) atoms. The van der Waals surface area contributed by atoms with E-state index in [1.165, 1.54) is 0 Å². The molecule has 0 aromatic carbocycles. The predicted octanol–water partition coefficient (Wildman–Crippen LogP) is 2.28. The molecule has 2 aromatic heterocycles. The molecule has 5 nitrogen and oxygen atoms in total. The Bertz CT molecular complexity index is 509. The average Bonchev–Trinajstić information content (AvgIpc) is 2.86. The van der Waals surface area contributed by atoms with E-state index in [0.29, 0.717) is 18.3 Å². The molecular weight excluding hydrogens is 228 g/mol. The quantitative estimate of drug-likeness (QED) is 0.875. The molecular formula is C13H18N4O. The summed E-state index contributed by atoms with van der Waals surface area (Å²) >= 11 is 0. The molecule has 0 bridgehead atoms. The molecule has 0 spiro atoms. The first kappa shape index (κ1) is 12.7. The van der Waals surface area contributed by atoms with Gasteiger partial charge in [-0.1, -0.05) is 12.1 Å². The van der Waals surface area contributed by atoms with Gasteiger partial charge in [0.25, 0.3) is 0 Å². The highest BCUT2D eigenvalue weighted by molar-refractivity contribution is 5.57. The van der Waals surface area contributed by atoms with Crippen LogP contribution in [0.25, 0.3) is 11.4 Å². The SMILES string of the molecule is Cc1ccncc1-c1noc(C(C)CCCN)n1. The number of hydrogen-bond donors (Lipinski definition) is 1. The highest BCUT2D eigenvalue weighted by Gasteiger charge is 2.15. The zero-order valence-electron chi connectivity index (χ0n) is 10.8. The minimum absolute atomic E-state index is 0.242. The fraction of sp³-hybridized carbons (Fsp3) is 0.462. The van der Waals surface area contributed by atoms with Gasteiger partial charge >= 0.3 is 0 Å². The molecule has 0 amide bonds. The smallest absolute Gasteiger partial charge is 0.229 e. The summed E-state index contributed by atoms with van der Waals surface area (Å²) in [6, 6.07) is 1.93. The summed E-state index contributed by atoms with van der Waals surface area (Å²) in [6.45, 7) is 4.76. The van der Waals surface area contributed by atoms with E-state index < -0.39 is 0 Å². The number of nitrogens with zero attached hydrogens (tertiary/aromatic N) is 3. The van der Waals surface area contributed by atoms with Gasteiger partial charge in [-0.3, -0.25) is 4.98 Å². The van der Waals surface area contributed by atoms with Crippen molar-refractivity contribution < 1.29 is 4.52 Å². The minimum atomic E-state index is 0.242. The van der Waals surface area contributed by atoms with Crippen molar-refractivity contribution in [2.45, 2.75) is 32.6 Å². The molecule has 2 heterocycles. The molecule has 1 atom stereocenters. The Labute approximate surface area is 106 Å². The molecule has 96 valence electrons. The van der Waals surface area contributed by atoms with Crippen LogP contribution in [0.2, 0.25) is 0 Å². The third-order valence-corrected chi connectivity index (χ3v) is 2.98. The minimum Gasteiger partial charge on any atom is -0.339 e. The lowest BCUT2D eigenvalue weighted by Crippen LogP contribution is -2.02.